The molecule has 0 aliphatic rings. The molecule has 0 saturated heterocycles. The molecule has 0 bridgehead atoms. The smallest absolute Gasteiger partial charge is 0.330 e. The summed E-state index contributed by atoms with van der Waals surface area (Å²) in [5.74, 6) is -0.0492. The van der Waals surface area contributed by atoms with Crippen molar-refractivity contribution in [3.8, 4) is 5.75 Å². The van der Waals surface area contributed by atoms with Crippen LogP contribution in [0.2, 0.25) is 0 Å². The van der Waals surface area contributed by atoms with Crippen molar-refractivity contribution < 1.29 is 14.6 Å². The van der Waals surface area contributed by atoms with Gasteiger partial charge in [-0.1, -0.05) is 97.5 Å². The SMILES string of the molecule is C=CC(=O)OCC(C)(Cc1cc(C(C)(C)C)c(O)c(C(C)(C)C)c1)c1ccccc1. The number of benzene rings is 2. The van der Waals surface area contributed by atoms with E-state index < -0.39 is 11.4 Å². The van der Waals surface area contributed by atoms with Crippen molar-refractivity contribution in [1.29, 1.82) is 0 Å². The Hall–Kier alpha value is -2.55. The number of phenolic OH excluding ortho intramolecular Hbond substituents is 1. The van der Waals surface area contributed by atoms with E-state index in [2.05, 4.69) is 79.3 Å². The summed E-state index contributed by atoms with van der Waals surface area (Å²) in [7, 11) is 0. The Morgan fingerprint density at radius 1 is 0.967 bits per heavy atom. The summed E-state index contributed by atoms with van der Waals surface area (Å²) in [6, 6.07) is 14.3. The molecule has 0 saturated carbocycles. The van der Waals surface area contributed by atoms with Crippen LogP contribution in [0.3, 0.4) is 0 Å². The van der Waals surface area contributed by atoms with Gasteiger partial charge in [-0.3, -0.25) is 0 Å². The Morgan fingerprint density at radius 2 is 1.47 bits per heavy atom. The van der Waals surface area contributed by atoms with Crippen LogP contribution in [0.15, 0.2) is 55.1 Å². The third kappa shape index (κ3) is 5.53. The Bertz CT molecular complexity index is 863. The molecule has 0 fully saturated rings. The number of hydrogen-bond donors (Lipinski definition) is 1. The van der Waals surface area contributed by atoms with Crippen LogP contribution in [-0.2, 0) is 32.2 Å². The van der Waals surface area contributed by atoms with E-state index in [1.54, 1.807) is 0 Å². The van der Waals surface area contributed by atoms with E-state index in [4.69, 9.17) is 4.74 Å². The number of rotatable bonds is 6. The first kappa shape index (κ1) is 23.7. The van der Waals surface area contributed by atoms with E-state index in [9.17, 15) is 9.90 Å². The van der Waals surface area contributed by atoms with Gasteiger partial charge in [0.1, 0.15) is 12.4 Å². The molecule has 3 nitrogen and oxygen atoms in total. The van der Waals surface area contributed by atoms with E-state index >= 15 is 0 Å². The number of aromatic hydroxyl groups is 1. The number of phenols is 1. The molecule has 3 heteroatoms. The number of esters is 1. The topological polar surface area (TPSA) is 46.5 Å². The van der Waals surface area contributed by atoms with Gasteiger partial charge in [-0.15, -0.1) is 0 Å². The largest absolute Gasteiger partial charge is 0.507 e. The summed E-state index contributed by atoms with van der Waals surface area (Å²) in [4.78, 5) is 11.8. The molecule has 0 heterocycles. The van der Waals surface area contributed by atoms with E-state index in [0.717, 1.165) is 22.3 Å². The Balaban J connectivity index is 2.59. The fourth-order valence-electron chi connectivity index (χ4n) is 3.76. The lowest BCUT2D eigenvalue weighted by Gasteiger charge is -2.32. The third-order valence-corrected chi connectivity index (χ3v) is 5.55. The standard InChI is InChI=1S/C27H36O3/c1-9-23(28)30-18-27(8,20-13-11-10-12-14-20)17-19-15-21(25(2,3)4)24(29)22(16-19)26(5,6)7/h9-16,29H,1,17-18H2,2-8H3. The Labute approximate surface area is 181 Å². The first-order chi connectivity index (χ1) is 13.8. The van der Waals surface area contributed by atoms with E-state index in [0.29, 0.717) is 12.2 Å². The van der Waals surface area contributed by atoms with E-state index in [-0.39, 0.29) is 17.4 Å². The van der Waals surface area contributed by atoms with Crippen LogP contribution < -0.4 is 0 Å². The third-order valence-electron chi connectivity index (χ3n) is 5.55. The molecule has 1 unspecified atom stereocenters. The van der Waals surface area contributed by atoms with Crippen LogP contribution >= 0.6 is 0 Å². The highest BCUT2D eigenvalue weighted by Gasteiger charge is 2.32. The van der Waals surface area contributed by atoms with Crippen molar-refractivity contribution in [1.82, 2.24) is 0 Å². The highest BCUT2D eigenvalue weighted by molar-refractivity contribution is 5.81. The molecule has 162 valence electrons. The number of ether oxygens (including phenoxy) is 1. The molecule has 0 aromatic heterocycles. The second kappa shape index (κ2) is 8.67. The van der Waals surface area contributed by atoms with Crippen LogP contribution in [0.25, 0.3) is 0 Å². The molecule has 0 spiro atoms. The first-order valence-electron chi connectivity index (χ1n) is 10.5. The van der Waals surface area contributed by atoms with Crippen LogP contribution in [0.1, 0.15) is 70.7 Å². The highest BCUT2D eigenvalue weighted by atomic mass is 16.5. The minimum absolute atomic E-state index is 0.196. The van der Waals surface area contributed by atoms with Gasteiger partial charge in [-0.05, 0) is 39.5 Å². The molecular weight excluding hydrogens is 372 g/mol. The van der Waals surface area contributed by atoms with Crippen LogP contribution in [0, 0.1) is 0 Å². The van der Waals surface area contributed by atoms with Crippen molar-refractivity contribution in [2.45, 2.75) is 71.1 Å². The zero-order valence-electron chi connectivity index (χ0n) is 19.5. The quantitative estimate of drug-likeness (QED) is 0.456. The van der Waals surface area contributed by atoms with E-state index in [1.165, 1.54) is 6.08 Å². The first-order valence-corrected chi connectivity index (χ1v) is 10.5. The van der Waals surface area contributed by atoms with Crippen molar-refractivity contribution >= 4 is 5.97 Å². The van der Waals surface area contributed by atoms with Gasteiger partial charge in [-0.2, -0.15) is 0 Å². The maximum atomic E-state index is 11.8. The van der Waals surface area contributed by atoms with E-state index in [1.807, 2.05) is 18.2 Å². The van der Waals surface area contributed by atoms with Gasteiger partial charge in [0.05, 0.1) is 0 Å². The van der Waals surface area contributed by atoms with Crippen molar-refractivity contribution in [2.75, 3.05) is 6.61 Å². The average molecular weight is 409 g/mol. The summed E-state index contributed by atoms with van der Waals surface area (Å²) in [6.45, 7) is 18.5. The lowest BCUT2D eigenvalue weighted by atomic mass is 9.74. The predicted molar refractivity (Wildman–Crippen MR) is 124 cm³/mol. The molecule has 0 radical (unpaired) electrons. The molecule has 1 atom stereocenters. The second-order valence-electron chi connectivity index (χ2n) is 10.5. The number of hydrogen-bond acceptors (Lipinski definition) is 3. The van der Waals surface area contributed by atoms with Crippen molar-refractivity contribution in [2.24, 2.45) is 0 Å². The monoisotopic (exact) mass is 408 g/mol. The summed E-state index contributed by atoms with van der Waals surface area (Å²) in [6.07, 6.45) is 1.87. The molecule has 2 rings (SSSR count). The number of carbonyl (C=O) groups excluding carboxylic acids is 1. The molecule has 0 aliphatic heterocycles. The average Bonchev–Trinajstić information content (AvgIpc) is 2.66. The normalized spacial score (nSPS) is 14.1. The van der Waals surface area contributed by atoms with Gasteiger partial charge in [0.15, 0.2) is 0 Å². The molecule has 2 aromatic carbocycles. The Kier molecular flexibility index (Phi) is 6.86. The fraction of sp³-hybridized carbons (Fsp3) is 0.444. The molecule has 1 N–H and O–H groups in total. The molecule has 2 aromatic rings. The summed E-state index contributed by atoms with van der Waals surface area (Å²) in [5, 5.41) is 11.0. The van der Waals surface area contributed by atoms with Gasteiger partial charge in [0, 0.05) is 11.5 Å². The summed E-state index contributed by atoms with van der Waals surface area (Å²) in [5.41, 5.74) is 3.28. The van der Waals surface area contributed by atoms with Gasteiger partial charge in [0.25, 0.3) is 0 Å². The van der Waals surface area contributed by atoms with Crippen LogP contribution in [0.5, 0.6) is 5.75 Å². The van der Waals surface area contributed by atoms with Gasteiger partial charge >= 0.3 is 5.97 Å². The molecule has 0 aliphatic carbocycles. The zero-order chi connectivity index (χ0) is 22.7. The lowest BCUT2D eigenvalue weighted by Crippen LogP contribution is -2.32. The van der Waals surface area contributed by atoms with Gasteiger partial charge in [-0.25, -0.2) is 4.79 Å². The maximum absolute atomic E-state index is 11.8. The molecule has 0 amide bonds. The van der Waals surface area contributed by atoms with Gasteiger partial charge in [0.2, 0.25) is 0 Å². The van der Waals surface area contributed by atoms with Crippen LogP contribution in [-0.4, -0.2) is 17.7 Å². The molecular formula is C27H36O3. The molecule has 30 heavy (non-hydrogen) atoms. The van der Waals surface area contributed by atoms with Crippen LogP contribution in [0.4, 0.5) is 0 Å². The predicted octanol–water partition coefficient (Wildman–Crippen LogP) is 6.22. The summed E-state index contributed by atoms with van der Waals surface area (Å²) >= 11 is 0. The summed E-state index contributed by atoms with van der Waals surface area (Å²) < 4.78 is 5.50. The van der Waals surface area contributed by atoms with Crippen molar-refractivity contribution in [3.63, 3.8) is 0 Å². The Morgan fingerprint density at radius 3 is 1.90 bits per heavy atom. The van der Waals surface area contributed by atoms with Gasteiger partial charge < -0.3 is 9.84 Å². The fourth-order valence-corrected chi connectivity index (χ4v) is 3.76. The minimum Gasteiger partial charge on any atom is -0.507 e. The highest BCUT2D eigenvalue weighted by Crippen LogP contribution is 2.41. The lowest BCUT2D eigenvalue weighted by molar-refractivity contribution is -0.139. The number of carbonyl (C=O) groups is 1. The maximum Gasteiger partial charge on any atom is 0.330 e. The minimum atomic E-state index is -0.423. The van der Waals surface area contributed by atoms with Crippen molar-refractivity contribution in [3.05, 3.63) is 77.4 Å². The second-order valence-corrected chi connectivity index (χ2v) is 10.5. The zero-order valence-corrected chi connectivity index (χ0v) is 19.5.